The second-order valence-corrected chi connectivity index (χ2v) is 4.85. The van der Waals surface area contributed by atoms with Crippen molar-refractivity contribution in [2.45, 2.75) is 13.0 Å². The second kappa shape index (κ2) is 7.49. The van der Waals surface area contributed by atoms with Gasteiger partial charge in [-0.3, -0.25) is 0 Å². The lowest BCUT2D eigenvalue weighted by Gasteiger charge is -2.21. The summed E-state index contributed by atoms with van der Waals surface area (Å²) in [6.07, 6.45) is 0. The van der Waals surface area contributed by atoms with Gasteiger partial charge in [-0.1, -0.05) is 11.6 Å². The SMILES string of the molecule is CCOC(=O)COCC(N)c1cc2c(cc1Cl)OCCO2. The third kappa shape index (κ3) is 4.23. The lowest BCUT2D eigenvalue weighted by molar-refractivity contribution is -0.148. The molecule has 1 heterocycles. The molecule has 2 N–H and O–H groups in total. The molecule has 0 aromatic heterocycles. The van der Waals surface area contributed by atoms with Crippen LogP contribution < -0.4 is 15.2 Å². The Morgan fingerprint density at radius 3 is 2.71 bits per heavy atom. The monoisotopic (exact) mass is 315 g/mol. The first-order valence-corrected chi connectivity index (χ1v) is 7.07. The molecule has 0 saturated heterocycles. The minimum Gasteiger partial charge on any atom is -0.486 e. The van der Waals surface area contributed by atoms with Crippen LogP contribution in [0.2, 0.25) is 5.02 Å². The number of esters is 1. The molecule has 21 heavy (non-hydrogen) atoms. The average Bonchev–Trinajstić information content (AvgIpc) is 2.46. The van der Waals surface area contributed by atoms with Gasteiger partial charge in [-0.2, -0.15) is 0 Å². The number of fused-ring (bicyclic) bond motifs is 1. The van der Waals surface area contributed by atoms with Gasteiger partial charge in [0, 0.05) is 11.1 Å². The van der Waals surface area contributed by atoms with Crippen molar-refractivity contribution < 1.29 is 23.7 Å². The van der Waals surface area contributed by atoms with Crippen LogP contribution >= 0.6 is 11.6 Å². The van der Waals surface area contributed by atoms with E-state index in [0.29, 0.717) is 41.9 Å². The van der Waals surface area contributed by atoms with Crippen molar-refractivity contribution in [3.8, 4) is 11.5 Å². The largest absolute Gasteiger partial charge is 0.486 e. The summed E-state index contributed by atoms with van der Waals surface area (Å²) >= 11 is 6.18. The maximum Gasteiger partial charge on any atom is 0.332 e. The highest BCUT2D eigenvalue weighted by molar-refractivity contribution is 6.31. The molecule has 1 unspecified atom stereocenters. The maximum atomic E-state index is 11.2. The molecule has 116 valence electrons. The second-order valence-electron chi connectivity index (χ2n) is 4.44. The first-order valence-electron chi connectivity index (χ1n) is 6.69. The minimum absolute atomic E-state index is 0.135. The van der Waals surface area contributed by atoms with Gasteiger partial charge in [0.1, 0.15) is 19.8 Å². The number of ether oxygens (including phenoxy) is 4. The van der Waals surface area contributed by atoms with Gasteiger partial charge in [0.15, 0.2) is 11.5 Å². The van der Waals surface area contributed by atoms with Crippen molar-refractivity contribution in [2.24, 2.45) is 5.73 Å². The molecule has 0 fully saturated rings. The predicted molar refractivity (Wildman–Crippen MR) is 76.8 cm³/mol. The summed E-state index contributed by atoms with van der Waals surface area (Å²) in [7, 11) is 0. The third-order valence-electron chi connectivity index (χ3n) is 2.88. The van der Waals surface area contributed by atoms with Crippen molar-refractivity contribution in [1.82, 2.24) is 0 Å². The van der Waals surface area contributed by atoms with Crippen LogP contribution in [0.1, 0.15) is 18.5 Å². The molecule has 0 radical (unpaired) electrons. The Balaban J connectivity index is 1.95. The van der Waals surface area contributed by atoms with Crippen molar-refractivity contribution in [1.29, 1.82) is 0 Å². The molecular formula is C14H18ClNO5. The zero-order chi connectivity index (χ0) is 15.2. The summed E-state index contributed by atoms with van der Waals surface area (Å²) < 4.78 is 20.9. The fraction of sp³-hybridized carbons (Fsp3) is 0.500. The Morgan fingerprint density at radius 2 is 2.05 bits per heavy atom. The summed E-state index contributed by atoms with van der Waals surface area (Å²) in [4.78, 5) is 11.2. The fourth-order valence-electron chi connectivity index (χ4n) is 1.93. The summed E-state index contributed by atoms with van der Waals surface area (Å²) in [6, 6.07) is 2.95. The quantitative estimate of drug-likeness (QED) is 0.805. The van der Waals surface area contributed by atoms with Crippen LogP contribution in [0.3, 0.4) is 0 Å². The Hall–Kier alpha value is -1.50. The van der Waals surface area contributed by atoms with E-state index in [0.717, 1.165) is 0 Å². The van der Waals surface area contributed by atoms with E-state index < -0.39 is 12.0 Å². The van der Waals surface area contributed by atoms with Crippen molar-refractivity contribution in [2.75, 3.05) is 33.0 Å². The average molecular weight is 316 g/mol. The molecule has 1 aromatic carbocycles. The van der Waals surface area contributed by atoms with Crippen molar-refractivity contribution >= 4 is 17.6 Å². The fourth-order valence-corrected chi connectivity index (χ4v) is 2.22. The Labute approximate surface area is 128 Å². The standard InChI is InChI=1S/C14H18ClNO5/c1-2-19-14(17)8-18-7-11(16)9-5-12-13(6-10(9)15)21-4-3-20-12/h5-6,11H,2-4,7-8,16H2,1H3. The molecular weight excluding hydrogens is 298 g/mol. The number of nitrogens with two attached hydrogens (primary N) is 1. The molecule has 0 saturated carbocycles. The van der Waals surface area contributed by atoms with Crippen LogP contribution in [0, 0.1) is 0 Å². The zero-order valence-electron chi connectivity index (χ0n) is 11.8. The van der Waals surface area contributed by atoms with E-state index in [2.05, 4.69) is 0 Å². The summed E-state index contributed by atoms with van der Waals surface area (Å²) in [5.41, 5.74) is 6.72. The normalized spacial score (nSPS) is 14.6. The summed E-state index contributed by atoms with van der Waals surface area (Å²) in [6.45, 7) is 3.06. The van der Waals surface area contributed by atoms with Crippen molar-refractivity contribution in [3.05, 3.63) is 22.7 Å². The number of halogens is 1. The third-order valence-corrected chi connectivity index (χ3v) is 3.21. The molecule has 1 aliphatic heterocycles. The van der Waals surface area contributed by atoms with E-state index in [1.165, 1.54) is 0 Å². The van der Waals surface area contributed by atoms with E-state index in [4.69, 9.17) is 36.3 Å². The molecule has 0 bridgehead atoms. The van der Waals surface area contributed by atoms with Crippen LogP contribution in [-0.2, 0) is 14.3 Å². The molecule has 6 nitrogen and oxygen atoms in total. The maximum absolute atomic E-state index is 11.2. The van der Waals surface area contributed by atoms with E-state index in [1.807, 2.05) is 0 Å². The molecule has 7 heteroatoms. The van der Waals surface area contributed by atoms with Gasteiger partial charge in [0.2, 0.25) is 0 Å². The Morgan fingerprint density at radius 1 is 1.38 bits per heavy atom. The molecule has 2 rings (SSSR count). The Bertz CT molecular complexity index is 508. The Kier molecular flexibility index (Phi) is 5.67. The van der Waals surface area contributed by atoms with Gasteiger partial charge >= 0.3 is 5.97 Å². The van der Waals surface area contributed by atoms with Crippen LogP contribution in [-0.4, -0.2) is 39.0 Å². The highest BCUT2D eigenvalue weighted by Crippen LogP contribution is 2.37. The first kappa shape index (κ1) is 15.9. The molecule has 0 aliphatic carbocycles. The topological polar surface area (TPSA) is 80.0 Å². The molecule has 0 spiro atoms. The van der Waals surface area contributed by atoms with Gasteiger partial charge in [-0.25, -0.2) is 4.79 Å². The van der Waals surface area contributed by atoms with Crippen LogP contribution in [0.4, 0.5) is 0 Å². The number of benzene rings is 1. The lowest BCUT2D eigenvalue weighted by Crippen LogP contribution is -2.22. The molecule has 0 amide bonds. The van der Waals surface area contributed by atoms with Crippen LogP contribution in [0.5, 0.6) is 11.5 Å². The summed E-state index contributed by atoms with van der Waals surface area (Å²) in [5.74, 6) is 0.800. The smallest absolute Gasteiger partial charge is 0.332 e. The predicted octanol–water partition coefficient (Wildman–Crippen LogP) is 1.69. The first-order chi connectivity index (χ1) is 10.1. The number of hydrogen-bond acceptors (Lipinski definition) is 6. The van der Waals surface area contributed by atoms with Crippen molar-refractivity contribution in [3.63, 3.8) is 0 Å². The lowest BCUT2D eigenvalue weighted by atomic mass is 10.1. The molecule has 1 aromatic rings. The van der Waals surface area contributed by atoms with Crippen LogP contribution in [0.25, 0.3) is 0 Å². The number of carbonyl (C=O) groups is 1. The van der Waals surface area contributed by atoms with E-state index in [1.54, 1.807) is 19.1 Å². The summed E-state index contributed by atoms with van der Waals surface area (Å²) in [5, 5.41) is 0.478. The van der Waals surface area contributed by atoms with Gasteiger partial charge in [0.05, 0.1) is 19.3 Å². The van der Waals surface area contributed by atoms with E-state index >= 15 is 0 Å². The van der Waals surface area contributed by atoms with Gasteiger partial charge in [-0.15, -0.1) is 0 Å². The highest BCUT2D eigenvalue weighted by Gasteiger charge is 2.19. The molecule has 1 aliphatic rings. The highest BCUT2D eigenvalue weighted by atomic mass is 35.5. The number of carbonyl (C=O) groups excluding carboxylic acids is 1. The van der Waals surface area contributed by atoms with Gasteiger partial charge in [0.25, 0.3) is 0 Å². The number of rotatable bonds is 6. The van der Waals surface area contributed by atoms with E-state index in [-0.39, 0.29) is 13.2 Å². The molecule has 1 atom stereocenters. The van der Waals surface area contributed by atoms with E-state index in [9.17, 15) is 4.79 Å². The van der Waals surface area contributed by atoms with Gasteiger partial charge in [-0.05, 0) is 18.6 Å². The van der Waals surface area contributed by atoms with Gasteiger partial charge < -0.3 is 24.7 Å². The number of hydrogen-bond donors (Lipinski definition) is 1. The van der Waals surface area contributed by atoms with Crippen LogP contribution in [0.15, 0.2) is 12.1 Å². The zero-order valence-corrected chi connectivity index (χ0v) is 12.5. The minimum atomic E-state index is -0.470.